The number of halogens is 1. The molecule has 0 spiro atoms. The molecular formula is C12H17BrN2O2. The van der Waals surface area contributed by atoms with Crippen LogP contribution in [0.4, 0.5) is 4.79 Å². The highest BCUT2D eigenvalue weighted by Crippen LogP contribution is 2.15. The van der Waals surface area contributed by atoms with Crippen molar-refractivity contribution in [2.45, 2.75) is 19.5 Å². The van der Waals surface area contributed by atoms with Gasteiger partial charge in [-0.25, -0.2) is 4.79 Å². The second kappa shape index (κ2) is 7.29. The number of carbonyl (C=O) groups is 1. The van der Waals surface area contributed by atoms with Crippen LogP contribution in [0, 0.1) is 0 Å². The maximum absolute atomic E-state index is 10.9. The summed E-state index contributed by atoms with van der Waals surface area (Å²) < 4.78 is 5.58. The molecule has 2 N–H and O–H groups in total. The van der Waals surface area contributed by atoms with Gasteiger partial charge in [0.15, 0.2) is 0 Å². The Bertz CT molecular complexity index is 371. The van der Waals surface area contributed by atoms with Crippen molar-refractivity contribution >= 4 is 22.0 Å². The number of hydrogen-bond acceptors (Lipinski definition) is 3. The first-order valence-electron chi connectivity index (χ1n) is 5.42. The number of ether oxygens (including phenoxy) is 1. The largest absolute Gasteiger partial charge is 0.453 e. The summed E-state index contributed by atoms with van der Waals surface area (Å²) in [7, 11) is 1.36. The lowest BCUT2D eigenvalue weighted by Gasteiger charge is -2.14. The highest BCUT2D eigenvalue weighted by atomic mass is 79.9. The van der Waals surface area contributed by atoms with E-state index in [2.05, 4.69) is 37.4 Å². The Labute approximate surface area is 110 Å². The number of rotatable bonds is 5. The molecule has 4 nitrogen and oxygen atoms in total. The van der Waals surface area contributed by atoms with Crippen molar-refractivity contribution in [1.29, 1.82) is 0 Å². The van der Waals surface area contributed by atoms with Gasteiger partial charge in [0, 0.05) is 23.6 Å². The van der Waals surface area contributed by atoms with E-state index < -0.39 is 6.09 Å². The number of amides is 1. The van der Waals surface area contributed by atoms with Crippen molar-refractivity contribution in [2.75, 3.05) is 13.7 Å². The first-order valence-corrected chi connectivity index (χ1v) is 6.21. The van der Waals surface area contributed by atoms with E-state index in [-0.39, 0.29) is 6.04 Å². The molecule has 0 bridgehead atoms. The van der Waals surface area contributed by atoms with E-state index in [1.165, 1.54) is 12.7 Å². The van der Waals surface area contributed by atoms with Gasteiger partial charge in [0.2, 0.25) is 0 Å². The monoisotopic (exact) mass is 300 g/mol. The Morgan fingerprint density at radius 1 is 1.47 bits per heavy atom. The third kappa shape index (κ3) is 5.19. The van der Waals surface area contributed by atoms with Crippen LogP contribution in [0.1, 0.15) is 12.5 Å². The fourth-order valence-electron chi connectivity index (χ4n) is 1.31. The van der Waals surface area contributed by atoms with Crippen LogP contribution < -0.4 is 10.6 Å². The molecule has 0 aromatic heterocycles. The summed E-state index contributed by atoms with van der Waals surface area (Å²) in [5.41, 5.74) is 1.19. The number of carbonyl (C=O) groups excluding carboxylic acids is 1. The molecule has 0 heterocycles. The van der Waals surface area contributed by atoms with Gasteiger partial charge in [0.25, 0.3) is 0 Å². The minimum atomic E-state index is -0.403. The molecule has 1 rings (SSSR count). The van der Waals surface area contributed by atoms with Crippen LogP contribution in [0.15, 0.2) is 28.7 Å². The highest BCUT2D eigenvalue weighted by Gasteiger charge is 2.05. The molecule has 0 aliphatic heterocycles. The second-order valence-electron chi connectivity index (χ2n) is 3.75. The van der Waals surface area contributed by atoms with Crippen molar-refractivity contribution in [3.05, 3.63) is 34.3 Å². The molecule has 0 radical (unpaired) electrons. The van der Waals surface area contributed by atoms with Gasteiger partial charge in [-0.15, -0.1) is 0 Å². The predicted molar refractivity (Wildman–Crippen MR) is 70.9 cm³/mol. The molecule has 94 valence electrons. The molecule has 0 saturated carbocycles. The van der Waals surface area contributed by atoms with Crippen LogP contribution in [-0.2, 0) is 11.3 Å². The Balaban J connectivity index is 2.31. The van der Waals surface area contributed by atoms with Gasteiger partial charge in [0.1, 0.15) is 0 Å². The molecule has 0 aliphatic rings. The Kier molecular flexibility index (Phi) is 6.00. The summed E-state index contributed by atoms with van der Waals surface area (Å²) in [6.45, 7) is 3.30. The maximum Gasteiger partial charge on any atom is 0.406 e. The molecule has 0 aliphatic carbocycles. The third-order valence-electron chi connectivity index (χ3n) is 2.34. The third-order valence-corrected chi connectivity index (χ3v) is 3.11. The highest BCUT2D eigenvalue weighted by molar-refractivity contribution is 9.10. The fourth-order valence-corrected chi connectivity index (χ4v) is 1.73. The molecular weight excluding hydrogens is 284 g/mol. The van der Waals surface area contributed by atoms with Crippen LogP contribution in [-0.4, -0.2) is 25.8 Å². The van der Waals surface area contributed by atoms with Gasteiger partial charge in [-0.05, 0) is 18.6 Å². The van der Waals surface area contributed by atoms with E-state index in [1.54, 1.807) is 0 Å². The summed E-state index contributed by atoms with van der Waals surface area (Å²) >= 11 is 3.49. The minimum absolute atomic E-state index is 0.182. The van der Waals surface area contributed by atoms with E-state index in [9.17, 15) is 4.79 Å². The van der Waals surface area contributed by atoms with Gasteiger partial charge in [-0.1, -0.05) is 34.1 Å². The first kappa shape index (κ1) is 14.0. The van der Waals surface area contributed by atoms with E-state index >= 15 is 0 Å². The number of nitrogens with one attached hydrogen (secondary N) is 2. The average molecular weight is 301 g/mol. The van der Waals surface area contributed by atoms with Crippen LogP contribution in [0.25, 0.3) is 0 Å². The second-order valence-corrected chi connectivity index (χ2v) is 4.60. The van der Waals surface area contributed by atoms with E-state index in [0.717, 1.165) is 11.0 Å². The molecule has 1 unspecified atom stereocenters. The lowest BCUT2D eigenvalue weighted by Crippen LogP contribution is -2.38. The zero-order valence-electron chi connectivity index (χ0n) is 10.00. The van der Waals surface area contributed by atoms with Crippen LogP contribution >= 0.6 is 15.9 Å². The first-order chi connectivity index (χ1) is 8.13. The smallest absolute Gasteiger partial charge is 0.406 e. The summed E-state index contributed by atoms with van der Waals surface area (Å²) in [6, 6.07) is 8.22. The molecule has 1 aromatic rings. The topological polar surface area (TPSA) is 50.4 Å². The summed E-state index contributed by atoms with van der Waals surface area (Å²) in [6.07, 6.45) is -0.403. The lowest BCUT2D eigenvalue weighted by molar-refractivity contribution is 0.170. The van der Waals surface area contributed by atoms with E-state index in [4.69, 9.17) is 0 Å². The molecule has 1 aromatic carbocycles. The minimum Gasteiger partial charge on any atom is -0.453 e. The Morgan fingerprint density at radius 3 is 2.82 bits per heavy atom. The molecule has 0 fully saturated rings. The van der Waals surface area contributed by atoms with Gasteiger partial charge in [-0.3, -0.25) is 0 Å². The zero-order valence-corrected chi connectivity index (χ0v) is 11.6. The number of alkyl carbamates (subject to hydrolysis) is 1. The molecule has 5 heteroatoms. The SMILES string of the molecule is COC(=O)NCC(C)NCc1ccccc1Br. The molecule has 0 saturated heterocycles. The van der Waals surface area contributed by atoms with Gasteiger partial charge < -0.3 is 15.4 Å². The number of hydrogen-bond donors (Lipinski definition) is 2. The van der Waals surface area contributed by atoms with Gasteiger partial charge >= 0.3 is 6.09 Å². The van der Waals surface area contributed by atoms with Crippen molar-refractivity contribution < 1.29 is 9.53 Å². The Hall–Kier alpha value is -1.07. The summed E-state index contributed by atoms with van der Waals surface area (Å²) in [5, 5.41) is 5.97. The average Bonchev–Trinajstić information content (AvgIpc) is 2.35. The summed E-state index contributed by atoms with van der Waals surface area (Å²) in [4.78, 5) is 10.9. The van der Waals surface area contributed by atoms with Crippen LogP contribution in [0.3, 0.4) is 0 Å². The molecule has 1 amide bonds. The number of methoxy groups -OCH3 is 1. The summed E-state index contributed by atoms with van der Waals surface area (Å²) in [5.74, 6) is 0. The quantitative estimate of drug-likeness (QED) is 0.877. The predicted octanol–water partition coefficient (Wildman–Crippen LogP) is 2.28. The maximum atomic E-state index is 10.9. The lowest BCUT2D eigenvalue weighted by atomic mass is 10.2. The van der Waals surface area contributed by atoms with Crippen molar-refractivity contribution in [2.24, 2.45) is 0 Å². The van der Waals surface area contributed by atoms with Crippen molar-refractivity contribution in [1.82, 2.24) is 10.6 Å². The van der Waals surface area contributed by atoms with Crippen LogP contribution in [0.2, 0.25) is 0 Å². The molecule has 1 atom stereocenters. The Morgan fingerprint density at radius 2 is 2.18 bits per heavy atom. The van der Waals surface area contributed by atoms with Gasteiger partial charge in [0.05, 0.1) is 7.11 Å². The normalized spacial score (nSPS) is 11.9. The number of benzene rings is 1. The molecule has 17 heavy (non-hydrogen) atoms. The van der Waals surface area contributed by atoms with Crippen LogP contribution in [0.5, 0.6) is 0 Å². The van der Waals surface area contributed by atoms with Gasteiger partial charge in [-0.2, -0.15) is 0 Å². The zero-order chi connectivity index (χ0) is 12.7. The standard InChI is InChI=1S/C12H17BrN2O2/c1-9(7-15-12(16)17-2)14-8-10-5-3-4-6-11(10)13/h3-6,9,14H,7-8H2,1-2H3,(H,15,16). The van der Waals surface area contributed by atoms with Crippen molar-refractivity contribution in [3.8, 4) is 0 Å². The van der Waals surface area contributed by atoms with E-state index in [0.29, 0.717) is 6.54 Å². The fraction of sp³-hybridized carbons (Fsp3) is 0.417. The van der Waals surface area contributed by atoms with Crippen molar-refractivity contribution in [3.63, 3.8) is 0 Å². The van der Waals surface area contributed by atoms with E-state index in [1.807, 2.05) is 25.1 Å².